The van der Waals surface area contributed by atoms with E-state index in [-0.39, 0.29) is 0 Å². The highest BCUT2D eigenvalue weighted by Gasteiger charge is 2.25. The first-order valence-electron chi connectivity index (χ1n) is 4.47. The van der Waals surface area contributed by atoms with Gasteiger partial charge in [-0.2, -0.15) is 0 Å². The van der Waals surface area contributed by atoms with E-state index in [0.717, 1.165) is 24.2 Å². The molecule has 13 heavy (non-hydrogen) atoms. The lowest BCUT2D eigenvalue weighted by atomic mass is 10.3. The van der Waals surface area contributed by atoms with E-state index in [2.05, 4.69) is 4.98 Å². The molecule has 0 N–H and O–H groups in total. The molecule has 70 valence electrons. The van der Waals surface area contributed by atoms with Crippen LogP contribution in [-0.2, 0) is 0 Å². The van der Waals surface area contributed by atoms with Gasteiger partial charge in [0.15, 0.2) is 5.75 Å². The van der Waals surface area contributed by atoms with E-state index >= 15 is 0 Å². The van der Waals surface area contributed by atoms with Crippen LogP contribution in [0.3, 0.4) is 0 Å². The average molecular weight is 179 g/mol. The molecule has 0 spiro atoms. The lowest BCUT2D eigenvalue weighted by Crippen LogP contribution is -2.01. The lowest BCUT2D eigenvalue weighted by molar-refractivity contribution is 0.275. The van der Waals surface area contributed by atoms with E-state index in [1.165, 1.54) is 0 Å². The summed E-state index contributed by atoms with van der Waals surface area (Å²) >= 11 is 0. The van der Waals surface area contributed by atoms with Crippen molar-refractivity contribution >= 4 is 0 Å². The molecule has 1 saturated carbocycles. The highest BCUT2D eigenvalue weighted by Crippen LogP contribution is 2.34. The van der Waals surface area contributed by atoms with Gasteiger partial charge in [0.05, 0.1) is 13.2 Å². The van der Waals surface area contributed by atoms with Crippen molar-refractivity contribution in [2.24, 2.45) is 0 Å². The summed E-state index contributed by atoms with van der Waals surface area (Å²) in [5, 5.41) is 0. The zero-order valence-corrected chi connectivity index (χ0v) is 7.91. The Bertz CT molecular complexity index is 308. The Morgan fingerprint density at radius 1 is 1.46 bits per heavy atom. The SMILES string of the molecule is COc1nccc(C)c1OC1CC1. The quantitative estimate of drug-likeness (QED) is 0.710. The molecule has 0 amide bonds. The molecule has 0 aliphatic heterocycles. The monoisotopic (exact) mass is 179 g/mol. The number of aromatic nitrogens is 1. The van der Waals surface area contributed by atoms with Gasteiger partial charge in [0.2, 0.25) is 0 Å². The number of methoxy groups -OCH3 is 1. The fraction of sp³-hybridized carbons (Fsp3) is 0.500. The van der Waals surface area contributed by atoms with Crippen molar-refractivity contribution in [3.8, 4) is 11.6 Å². The topological polar surface area (TPSA) is 31.4 Å². The van der Waals surface area contributed by atoms with Crippen molar-refractivity contribution in [2.45, 2.75) is 25.9 Å². The van der Waals surface area contributed by atoms with E-state index in [1.807, 2.05) is 13.0 Å². The van der Waals surface area contributed by atoms with Crippen LogP contribution in [0, 0.1) is 6.92 Å². The minimum absolute atomic E-state index is 0.386. The first-order valence-corrected chi connectivity index (χ1v) is 4.47. The third-order valence-electron chi connectivity index (χ3n) is 2.07. The van der Waals surface area contributed by atoms with Gasteiger partial charge in [-0.15, -0.1) is 0 Å². The van der Waals surface area contributed by atoms with E-state index in [1.54, 1.807) is 13.3 Å². The summed E-state index contributed by atoms with van der Waals surface area (Å²) in [5.74, 6) is 1.39. The third-order valence-corrected chi connectivity index (χ3v) is 2.07. The predicted octanol–water partition coefficient (Wildman–Crippen LogP) is 1.94. The Morgan fingerprint density at radius 2 is 2.23 bits per heavy atom. The van der Waals surface area contributed by atoms with Gasteiger partial charge in [-0.1, -0.05) is 0 Å². The van der Waals surface area contributed by atoms with Gasteiger partial charge in [0.25, 0.3) is 5.88 Å². The molecule has 1 heterocycles. The summed E-state index contributed by atoms with van der Waals surface area (Å²) in [4.78, 5) is 4.09. The van der Waals surface area contributed by atoms with Crippen molar-refractivity contribution < 1.29 is 9.47 Å². The zero-order valence-electron chi connectivity index (χ0n) is 7.91. The normalized spacial score (nSPS) is 15.5. The number of pyridine rings is 1. The van der Waals surface area contributed by atoms with Crippen molar-refractivity contribution in [2.75, 3.05) is 7.11 Å². The van der Waals surface area contributed by atoms with Gasteiger partial charge in [-0.3, -0.25) is 0 Å². The van der Waals surface area contributed by atoms with Gasteiger partial charge >= 0.3 is 0 Å². The molecule has 0 unspecified atom stereocenters. The molecule has 1 aliphatic carbocycles. The molecular weight excluding hydrogens is 166 g/mol. The second-order valence-corrected chi connectivity index (χ2v) is 3.28. The van der Waals surface area contributed by atoms with E-state index in [0.29, 0.717) is 12.0 Å². The standard InChI is InChI=1S/C10H13NO2/c1-7-5-6-11-10(12-2)9(7)13-8-3-4-8/h5-6,8H,3-4H2,1-2H3. The molecule has 1 aromatic heterocycles. The fourth-order valence-corrected chi connectivity index (χ4v) is 1.16. The van der Waals surface area contributed by atoms with E-state index in [4.69, 9.17) is 9.47 Å². The summed E-state index contributed by atoms with van der Waals surface area (Å²) < 4.78 is 10.8. The number of hydrogen-bond donors (Lipinski definition) is 0. The second-order valence-electron chi connectivity index (χ2n) is 3.28. The minimum Gasteiger partial charge on any atom is -0.485 e. The van der Waals surface area contributed by atoms with E-state index < -0.39 is 0 Å². The molecular formula is C10H13NO2. The van der Waals surface area contributed by atoms with Crippen molar-refractivity contribution in [3.05, 3.63) is 17.8 Å². The van der Waals surface area contributed by atoms with Gasteiger partial charge in [0.1, 0.15) is 0 Å². The minimum atomic E-state index is 0.386. The third kappa shape index (κ3) is 1.74. The van der Waals surface area contributed by atoms with E-state index in [9.17, 15) is 0 Å². The van der Waals surface area contributed by atoms with Gasteiger partial charge in [0, 0.05) is 6.20 Å². The van der Waals surface area contributed by atoms with Gasteiger partial charge in [-0.05, 0) is 31.4 Å². The zero-order chi connectivity index (χ0) is 9.26. The van der Waals surface area contributed by atoms with Crippen molar-refractivity contribution in [3.63, 3.8) is 0 Å². The molecule has 1 aliphatic rings. The fourth-order valence-electron chi connectivity index (χ4n) is 1.16. The summed E-state index contributed by atoms with van der Waals surface area (Å²) in [7, 11) is 1.61. The molecule has 0 saturated heterocycles. The predicted molar refractivity (Wildman–Crippen MR) is 49.2 cm³/mol. The first kappa shape index (κ1) is 8.35. The second kappa shape index (κ2) is 3.24. The van der Waals surface area contributed by atoms with Crippen LogP contribution in [0.5, 0.6) is 11.6 Å². The van der Waals surface area contributed by atoms with Crippen LogP contribution < -0.4 is 9.47 Å². The van der Waals surface area contributed by atoms with Crippen LogP contribution in [0.1, 0.15) is 18.4 Å². The Balaban J connectivity index is 2.27. The molecule has 3 heteroatoms. The summed E-state index contributed by atoms with van der Waals surface area (Å²) in [6, 6.07) is 1.93. The van der Waals surface area contributed by atoms with Crippen molar-refractivity contribution in [1.29, 1.82) is 0 Å². The smallest absolute Gasteiger partial charge is 0.257 e. The first-order chi connectivity index (χ1) is 6.31. The number of hydrogen-bond acceptors (Lipinski definition) is 3. The Labute approximate surface area is 77.7 Å². The highest BCUT2D eigenvalue weighted by molar-refractivity contribution is 5.40. The number of nitrogens with zero attached hydrogens (tertiary/aromatic N) is 1. The maximum Gasteiger partial charge on any atom is 0.257 e. The van der Waals surface area contributed by atoms with Crippen LogP contribution in [0.25, 0.3) is 0 Å². The molecule has 3 nitrogen and oxygen atoms in total. The molecule has 1 fully saturated rings. The van der Waals surface area contributed by atoms with Crippen LogP contribution in [0.2, 0.25) is 0 Å². The van der Waals surface area contributed by atoms with Gasteiger partial charge < -0.3 is 9.47 Å². The van der Waals surface area contributed by atoms with Gasteiger partial charge in [-0.25, -0.2) is 4.98 Å². The Hall–Kier alpha value is -1.25. The molecule has 2 rings (SSSR count). The van der Waals surface area contributed by atoms with Crippen LogP contribution >= 0.6 is 0 Å². The number of rotatable bonds is 3. The van der Waals surface area contributed by atoms with Crippen LogP contribution in [-0.4, -0.2) is 18.2 Å². The summed E-state index contributed by atoms with van der Waals surface area (Å²) in [6.07, 6.45) is 4.42. The summed E-state index contributed by atoms with van der Waals surface area (Å²) in [6.45, 7) is 2.00. The average Bonchev–Trinajstić information content (AvgIpc) is 2.92. The highest BCUT2D eigenvalue weighted by atomic mass is 16.5. The Morgan fingerprint density at radius 3 is 2.85 bits per heavy atom. The number of ether oxygens (including phenoxy) is 2. The molecule has 1 aromatic rings. The van der Waals surface area contributed by atoms with Crippen LogP contribution in [0.15, 0.2) is 12.3 Å². The molecule has 0 aromatic carbocycles. The largest absolute Gasteiger partial charge is 0.485 e. The lowest BCUT2D eigenvalue weighted by Gasteiger charge is -2.10. The Kier molecular flexibility index (Phi) is 2.08. The van der Waals surface area contributed by atoms with Crippen LogP contribution in [0.4, 0.5) is 0 Å². The maximum absolute atomic E-state index is 5.69. The maximum atomic E-state index is 5.69. The molecule has 0 bridgehead atoms. The number of aryl methyl sites for hydroxylation is 1. The molecule has 0 radical (unpaired) electrons. The molecule has 0 atom stereocenters. The summed E-state index contributed by atoms with van der Waals surface area (Å²) in [5.41, 5.74) is 1.08. The van der Waals surface area contributed by atoms with Crippen molar-refractivity contribution in [1.82, 2.24) is 4.98 Å².